The van der Waals surface area contributed by atoms with Crippen molar-refractivity contribution in [1.29, 1.82) is 0 Å². The van der Waals surface area contributed by atoms with Gasteiger partial charge in [-0.1, -0.05) is 96.1 Å². The SMILES string of the molecule is COc1ccc(C(OC[C@@]2(CO[Si](C(C)C)(C(C)C)C(C)C)O[C@@H](n3ccc(=O)[nH]c3=O)C(O)OC2O)(c2ccccc2)c2ccc(OC)cc2)cc1. The lowest BCUT2D eigenvalue weighted by molar-refractivity contribution is -0.399. The maximum absolute atomic E-state index is 13.1. The molecule has 1 saturated heterocycles. The average molecular weight is 749 g/mol. The molecule has 1 aliphatic rings. The Morgan fingerprint density at radius 3 is 1.75 bits per heavy atom. The number of methoxy groups -OCH3 is 2. The lowest BCUT2D eigenvalue weighted by Crippen LogP contribution is -2.64. The van der Waals surface area contributed by atoms with E-state index in [2.05, 4.69) is 46.5 Å². The Kier molecular flexibility index (Phi) is 12.5. The number of aromatic amines is 1. The van der Waals surface area contributed by atoms with Crippen LogP contribution in [0, 0.1) is 0 Å². The standard InChI is InChI=1S/C40H52N2O10Si/c1-26(2)53(27(3)4,28(5)6)50-25-39(37(45)51-36(44)35(52-39)42-23-22-34(43)41-38(42)46)24-49-40(29-12-10-9-11-13-29,30-14-18-32(47-7)19-15-30)31-16-20-33(48-8)21-17-31/h9-23,26-28,35-37,44-45H,24-25H2,1-8H3,(H,41,43,46)/t35-,36?,37?,39+/m1/s1. The van der Waals surface area contributed by atoms with Crippen LogP contribution in [0.2, 0.25) is 16.6 Å². The molecule has 286 valence electrons. The fourth-order valence-corrected chi connectivity index (χ4v) is 13.3. The molecule has 4 aromatic rings. The van der Waals surface area contributed by atoms with E-state index in [1.807, 2.05) is 78.9 Å². The number of aromatic nitrogens is 2. The van der Waals surface area contributed by atoms with Crippen LogP contribution in [0.15, 0.2) is 101 Å². The molecule has 12 nitrogen and oxygen atoms in total. The highest BCUT2D eigenvalue weighted by Gasteiger charge is 2.55. The van der Waals surface area contributed by atoms with E-state index in [1.54, 1.807) is 14.2 Å². The van der Waals surface area contributed by atoms with Crippen LogP contribution in [0.3, 0.4) is 0 Å². The topological polar surface area (TPSA) is 151 Å². The van der Waals surface area contributed by atoms with Gasteiger partial charge in [0.05, 0.1) is 27.4 Å². The molecule has 0 spiro atoms. The van der Waals surface area contributed by atoms with Gasteiger partial charge in [-0.25, -0.2) is 4.79 Å². The van der Waals surface area contributed by atoms with Gasteiger partial charge < -0.3 is 38.3 Å². The largest absolute Gasteiger partial charge is 0.497 e. The van der Waals surface area contributed by atoms with Crippen LogP contribution in [-0.2, 0) is 24.2 Å². The highest BCUT2D eigenvalue weighted by molar-refractivity contribution is 6.77. The number of aliphatic hydroxyl groups excluding tert-OH is 2. The molecule has 2 heterocycles. The third-order valence-corrected chi connectivity index (χ3v) is 16.5. The van der Waals surface area contributed by atoms with Gasteiger partial charge in [-0.05, 0) is 57.6 Å². The summed E-state index contributed by atoms with van der Waals surface area (Å²) in [5.41, 5.74) is -1.82. The number of rotatable bonds is 15. The van der Waals surface area contributed by atoms with Gasteiger partial charge in [0.15, 0.2) is 26.4 Å². The molecule has 1 fully saturated rings. The average Bonchev–Trinajstić information content (AvgIpc) is 3.14. The quantitative estimate of drug-likeness (QED) is 0.102. The highest BCUT2D eigenvalue weighted by atomic mass is 28.4. The Morgan fingerprint density at radius 1 is 0.774 bits per heavy atom. The summed E-state index contributed by atoms with van der Waals surface area (Å²) in [6, 6.07) is 25.8. The van der Waals surface area contributed by atoms with Gasteiger partial charge in [0.25, 0.3) is 5.56 Å². The molecule has 0 radical (unpaired) electrons. The lowest BCUT2D eigenvalue weighted by atomic mass is 9.79. The summed E-state index contributed by atoms with van der Waals surface area (Å²) in [6.07, 6.45) is -3.84. The molecule has 0 saturated carbocycles. The minimum atomic E-state index is -2.62. The van der Waals surface area contributed by atoms with Crippen LogP contribution in [0.4, 0.5) is 0 Å². The second kappa shape index (κ2) is 16.5. The summed E-state index contributed by atoms with van der Waals surface area (Å²) in [7, 11) is 0.570. The number of H-pyrrole nitrogens is 1. The molecule has 5 rings (SSSR count). The minimum absolute atomic E-state index is 0.173. The van der Waals surface area contributed by atoms with Crippen LogP contribution >= 0.6 is 0 Å². The van der Waals surface area contributed by atoms with E-state index in [0.29, 0.717) is 11.5 Å². The smallest absolute Gasteiger partial charge is 0.330 e. The molecule has 3 aromatic carbocycles. The number of hydrogen-bond donors (Lipinski definition) is 3. The van der Waals surface area contributed by atoms with Gasteiger partial charge in [0.1, 0.15) is 17.1 Å². The van der Waals surface area contributed by atoms with Crippen LogP contribution in [0.1, 0.15) is 64.5 Å². The van der Waals surface area contributed by atoms with E-state index in [0.717, 1.165) is 27.3 Å². The van der Waals surface area contributed by atoms with E-state index in [1.165, 1.54) is 6.20 Å². The first-order chi connectivity index (χ1) is 25.2. The van der Waals surface area contributed by atoms with Gasteiger partial charge in [-0.2, -0.15) is 0 Å². The Bertz CT molecular complexity index is 1830. The second-order valence-electron chi connectivity index (χ2n) is 14.4. The fourth-order valence-electron chi connectivity index (χ4n) is 7.81. The van der Waals surface area contributed by atoms with Crippen molar-refractivity contribution in [2.75, 3.05) is 27.4 Å². The molecule has 53 heavy (non-hydrogen) atoms. The van der Waals surface area contributed by atoms with Crippen molar-refractivity contribution in [3.63, 3.8) is 0 Å². The van der Waals surface area contributed by atoms with Crippen molar-refractivity contribution in [2.24, 2.45) is 0 Å². The summed E-state index contributed by atoms with van der Waals surface area (Å²) in [6.45, 7) is 12.3. The van der Waals surface area contributed by atoms with E-state index < -0.39 is 49.6 Å². The first-order valence-corrected chi connectivity index (χ1v) is 20.0. The first kappa shape index (κ1) is 40.1. The van der Waals surface area contributed by atoms with E-state index >= 15 is 0 Å². The third kappa shape index (κ3) is 7.78. The van der Waals surface area contributed by atoms with E-state index in [-0.39, 0.29) is 29.8 Å². The van der Waals surface area contributed by atoms with Crippen LogP contribution in [-0.4, -0.2) is 73.7 Å². The number of nitrogens with zero attached hydrogens (tertiary/aromatic N) is 1. The molecule has 0 amide bonds. The summed E-state index contributed by atoms with van der Waals surface area (Å²) in [4.78, 5) is 27.3. The number of ether oxygens (including phenoxy) is 5. The predicted molar refractivity (Wildman–Crippen MR) is 203 cm³/mol. The van der Waals surface area contributed by atoms with Crippen molar-refractivity contribution in [2.45, 2.75) is 88.2 Å². The first-order valence-electron chi connectivity index (χ1n) is 17.9. The van der Waals surface area contributed by atoms with Crippen LogP contribution in [0.5, 0.6) is 11.5 Å². The molecule has 0 bridgehead atoms. The number of aliphatic hydroxyl groups is 2. The van der Waals surface area contributed by atoms with E-state index in [9.17, 15) is 19.8 Å². The maximum atomic E-state index is 13.1. The summed E-state index contributed by atoms with van der Waals surface area (Å²) >= 11 is 0. The summed E-state index contributed by atoms with van der Waals surface area (Å²) in [5.74, 6) is 1.30. The number of benzene rings is 3. The van der Waals surface area contributed by atoms with Crippen LogP contribution < -0.4 is 20.7 Å². The van der Waals surface area contributed by atoms with Gasteiger partial charge in [-0.15, -0.1) is 0 Å². The van der Waals surface area contributed by atoms with Gasteiger partial charge in [0.2, 0.25) is 6.29 Å². The fraction of sp³-hybridized carbons (Fsp3) is 0.450. The predicted octanol–water partition coefficient (Wildman–Crippen LogP) is 5.68. The van der Waals surface area contributed by atoms with Crippen molar-refractivity contribution in [3.8, 4) is 11.5 Å². The Labute approximate surface area is 311 Å². The number of nitrogens with one attached hydrogen (secondary N) is 1. The number of hydrogen-bond acceptors (Lipinski definition) is 10. The molecule has 3 N–H and O–H groups in total. The molecular formula is C40H52N2O10Si. The highest BCUT2D eigenvalue weighted by Crippen LogP contribution is 2.46. The lowest BCUT2D eigenvalue weighted by Gasteiger charge is -2.50. The van der Waals surface area contributed by atoms with Crippen molar-refractivity contribution in [1.82, 2.24) is 9.55 Å². The molecular weight excluding hydrogens is 697 g/mol. The zero-order valence-corrected chi connectivity index (χ0v) is 32.6. The van der Waals surface area contributed by atoms with Gasteiger partial charge in [-0.3, -0.25) is 14.3 Å². The Morgan fingerprint density at radius 2 is 1.28 bits per heavy atom. The third-order valence-electron chi connectivity index (χ3n) is 10.4. The summed E-state index contributed by atoms with van der Waals surface area (Å²) in [5, 5.41) is 23.0. The van der Waals surface area contributed by atoms with E-state index in [4.69, 9.17) is 28.1 Å². The monoisotopic (exact) mass is 748 g/mol. The maximum Gasteiger partial charge on any atom is 0.330 e. The normalized spacial score (nSPS) is 21.0. The Balaban J connectivity index is 1.72. The molecule has 1 aromatic heterocycles. The Hall–Kier alpha value is -4.08. The molecule has 0 aliphatic carbocycles. The van der Waals surface area contributed by atoms with Crippen molar-refractivity contribution >= 4 is 8.32 Å². The van der Waals surface area contributed by atoms with Gasteiger partial charge in [0, 0.05) is 12.3 Å². The molecule has 4 atom stereocenters. The molecule has 2 unspecified atom stereocenters. The molecule has 13 heteroatoms. The molecule has 1 aliphatic heterocycles. The van der Waals surface area contributed by atoms with Crippen LogP contribution in [0.25, 0.3) is 0 Å². The second-order valence-corrected chi connectivity index (χ2v) is 19.8. The summed E-state index contributed by atoms with van der Waals surface area (Å²) < 4.78 is 38.8. The van der Waals surface area contributed by atoms with Gasteiger partial charge >= 0.3 is 5.69 Å². The van der Waals surface area contributed by atoms with Crippen molar-refractivity contribution < 1.29 is 38.3 Å². The zero-order chi connectivity index (χ0) is 38.6. The van der Waals surface area contributed by atoms with Crippen molar-refractivity contribution in [3.05, 3.63) is 129 Å². The minimum Gasteiger partial charge on any atom is -0.497 e. The zero-order valence-electron chi connectivity index (χ0n) is 31.6.